The van der Waals surface area contributed by atoms with Gasteiger partial charge in [-0.25, -0.2) is 0 Å². The molecule has 0 aromatic heterocycles. The molecule has 0 heterocycles. The number of nitrogen functional groups attached to an aromatic ring is 1. The third-order valence-corrected chi connectivity index (χ3v) is 2.68. The van der Waals surface area contributed by atoms with Gasteiger partial charge in [-0.3, -0.25) is 9.59 Å². The van der Waals surface area contributed by atoms with Crippen molar-refractivity contribution in [2.75, 3.05) is 17.7 Å². The molecular formula is C10H12N2O3. The van der Waals surface area contributed by atoms with Gasteiger partial charge < -0.3 is 16.2 Å². The second kappa shape index (κ2) is 3.51. The van der Waals surface area contributed by atoms with Crippen LogP contribution in [0.4, 0.5) is 11.4 Å². The summed E-state index contributed by atoms with van der Waals surface area (Å²) >= 11 is 0. The molecule has 0 spiro atoms. The van der Waals surface area contributed by atoms with E-state index in [9.17, 15) is 9.59 Å². The molecule has 0 fully saturated rings. The molecule has 0 saturated heterocycles. The molecule has 0 radical (unpaired) electrons. The molecule has 0 unspecified atom stereocenters. The highest BCUT2D eigenvalue weighted by Gasteiger charge is 2.23. The van der Waals surface area contributed by atoms with Crippen molar-refractivity contribution in [2.24, 2.45) is 5.92 Å². The normalized spacial score (nSPS) is 24.9. The van der Waals surface area contributed by atoms with Crippen LogP contribution >= 0.6 is 0 Å². The van der Waals surface area contributed by atoms with E-state index in [4.69, 9.17) is 10.8 Å². The summed E-state index contributed by atoms with van der Waals surface area (Å²) in [5.74, 6) is 0.121. The van der Waals surface area contributed by atoms with Gasteiger partial charge >= 0.3 is 0 Å². The second-order valence-electron chi connectivity index (χ2n) is 3.76. The molecule has 0 amide bonds. The molecule has 0 saturated carbocycles. The average molecular weight is 208 g/mol. The minimum absolute atomic E-state index is 0.0147. The maximum atomic E-state index is 11.1. The minimum atomic E-state index is -0.613. The van der Waals surface area contributed by atoms with Crippen molar-refractivity contribution >= 4 is 11.4 Å². The van der Waals surface area contributed by atoms with Crippen molar-refractivity contribution in [2.45, 2.75) is 12.5 Å². The molecule has 1 aromatic carbocycles. The number of hydrogen-bond acceptors (Lipinski definition) is 5. The lowest BCUT2D eigenvalue weighted by atomic mass is 10.1. The largest absolute Gasteiger partial charge is 0.396 e. The van der Waals surface area contributed by atoms with Gasteiger partial charge in [-0.1, -0.05) is 12.2 Å². The highest BCUT2D eigenvalue weighted by Crippen LogP contribution is 2.21. The molecular weight excluding hydrogens is 196 g/mol. The Hall–Kier alpha value is -1.62. The molecule has 80 valence electrons. The molecule has 0 bridgehead atoms. The maximum absolute atomic E-state index is 11.1. The fraction of sp³-hybridized carbons (Fsp3) is 0.400. The number of nitrogens with two attached hydrogens (primary N) is 1. The molecule has 1 aromatic rings. The van der Waals surface area contributed by atoms with Crippen molar-refractivity contribution in [1.29, 1.82) is 0 Å². The zero-order chi connectivity index (χ0) is 11.0. The summed E-state index contributed by atoms with van der Waals surface area (Å²) in [5.41, 5.74) is 4.45. The van der Waals surface area contributed by atoms with Crippen molar-refractivity contribution in [3.05, 3.63) is 32.6 Å². The quantitative estimate of drug-likeness (QED) is 0.447. The van der Waals surface area contributed by atoms with E-state index in [-0.39, 0.29) is 29.9 Å². The van der Waals surface area contributed by atoms with Crippen LogP contribution in [-0.4, -0.2) is 17.8 Å². The standard InChI is InChI=1S/C10H12N2O3/c11-7-8(10(15)9(7)14)12-6-2-1-5(3-6)4-13/h1-2,5-6,12-13H,3-4,11H2/t5-,6+/m1/s1. The van der Waals surface area contributed by atoms with E-state index in [1.54, 1.807) is 0 Å². The van der Waals surface area contributed by atoms with Gasteiger partial charge in [-0.05, 0) is 6.42 Å². The van der Waals surface area contributed by atoms with E-state index >= 15 is 0 Å². The molecule has 4 N–H and O–H groups in total. The summed E-state index contributed by atoms with van der Waals surface area (Å²) < 4.78 is 0. The second-order valence-corrected chi connectivity index (χ2v) is 3.76. The van der Waals surface area contributed by atoms with Crippen molar-refractivity contribution < 1.29 is 5.11 Å². The van der Waals surface area contributed by atoms with E-state index in [0.29, 0.717) is 0 Å². The summed E-state index contributed by atoms with van der Waals surface area (Å²) in [4.78, 5) is 21.9. The third-order valence-electron chi connectivity index (χ3n) is 2.68. The fourth-order valence-corrected chi connectivity index (χ4v) is 1.75. The first-order valence-corrected chi connectivity index (χ1v) is 4.78. The summed E-state index contributed by atoms with van der Waals surface area (Å²) in [6.07, 6.45) is 4.48. The Morgan fingerprint density at radius 3 is 2.67 bits per heavy atom. The van der Waals surface area contributed by atoms with Gasteiger partial charge in [0.05, 0.1) is 0 Å². The van der Waals surface area contributed by atoms with Crippen LogP contribution in [0.3, 0.4) is 0 Å². The molecule has 1 aliphatic rings. The van der Waals surface area contributed by atoms with Crippen molar-refractivity contribution in [3.63, 3.8) is 0 Å². The SMILES string of the molecule is Nc1c(N[C@H]2C=C[C@@H](CO)C2)c(=O)c1=O. The minimum Gasteiger partial charge on any atom is -0.396 e. The van der Waals surface area contributed by atoms with Gasteiger partial charge in [0.2, 0.25) is 0 Å². The highest BCUT2D eigenvalue weighted by atomic mass is 16.3. The summed E-state index contributed by atoms with van der Waals surface area (Å²) in [5, 5.41) is 11.8. The monoisotopic (exact) mass is 208 g/mol. The van der Waals surface area contributed by atoms with Crippen LogP contribution in [0, 0.1) is 5.92 Å². The Morgan fingerprint density at radius 1 is 1.40 bits per heavy atom. The molecule has 2 atom stereocenters. The summed E-state index contributed by atoms with van der Waals surface area (Å²) in [6, 6.07) is -0.0206. The van der Waals surface area contributed by atoms with Crippen molar-refractivity contribution in [3.8, 4) is 0 Å². The highest BCUT2D eigenvalue weighted by molar-refractivity contribution is 5.71. The van der Waals surface area contributed by atoms with Gasteiger partial charge in [-0.15, -0.1) is 0 Å². The zero-order valence-electron chi connectivity index (χ0n) is 8.06. The van der Waals surface area contributed by atoms with E-state index in [2.05, 4.69) is 5.32 Å². The molecule has 15 heavy (non-hydrogen) atoms. The van der Waals surface area contributed by atoms with Crippen molar-refractivity contribution in [1.82, 2.24) is 0 Å². The number of hydrogen-bond donors (Lipinski definition) is 3. The molecule has 0 aliphatic heterocycles. The number of nitrogens with one attached hydrogen (secondary N) is 1. The Kier molecular flexibility index (Phi) is 2.32. The first kappa shape index (κ1) is 9.92. The van der Waals surface area contributed by atoms with Gasteiger partial charge in [0, 0.05) is 18.6 Å². The van der Waals surface area contributed by atoms with Crippen LogP contribution < -0.4 is 21.9 Å². The van der Waals surface area contributed by atoms with E-state index < -0.39 is 10.9 Å². The van der Waals surface area contributed by atoms with Crippen LogP contribution in [0.2, 0.25) is 0 Å². The van der Waals surface area contributed by atoms with E-state index in [1.807, 2.05) is 12.2 Å². The number of aliphatic hydroxyl groups excluding tert-OH is 1. The smallest absolute Gasteiger partial charge is 0.253 e. The van der Waals surface area contributed by atoms with E-state index in [1.165, 1.54) is 0 Å². The Bertz CT molecular complexity index is 471. The average Bonchev–Trinajstić information content (AvgIpc) is 2.72. The summed E-state index contributed by atoms with van der Waals surface area (Å²) in [7, 11) is 0. The predicted molar refractivity (Wildman–Crippen MR) is 57.5 cm³/mol. The molecule has 5 nitrogen and oxygen atoms in total. The summed E-state index contributed by atoms with van der Waals surface area (Å²) in [6.45, 7) is 0.0933. The Balaban J connectivity index is 2.04. The van der Waals surface area contributed by atoms with E-state index in [0.717, 1.165) is 6.42 Å². The van der Waals surface area contributed by atoms with Crippen LogP contribution in [0.1, 0.15) is 6.42 Å². The Morgan fingerprint density at radius 2 is 2.13 bits per heavy atom. The number of rotatable bonds is 3. The lowest BCUT2D eigenvalue weighted by Crippen LogP contribution is -2.38. The predicted octanol–water partition coefficient (Wildman–Crippen LogP) is -0.786. The third kappa shape index (κ3) is 1.55. The molecule has 5 heteroatoms. The van der Waals surface area contributed by atoms with Gasteiger partial charge in [-0.2, -0.15) is 0 Å². The molecule has 1 aliphatic carbocycles. The first-order chi connectivity index (χ1) is 7.13. The lowest BCUT2D eigenvalue weighted by molar-refractivity contribution is 0.250. The van der Waals surface area contributed by atoms with Gasteiger partial charge in [0.25, 0.3) is 10.9 Å². The van der Waals surface area contributed by atoms with Crippen LogP contribution in [0.25, 0.3) is 0 Å². The maximum Gasteiger partial charge on any atom is 0.253 e. The fourth-order valence-electron chi connectivity index (χ4n) is 1.75. The van der Waals surface area contributed by atoms with Crippen LogP contribution in [-0.2, 0) is 0 Å². The van der Waals surface area contributed by atoms with Crippen LogP contribution in [0.15, 0.2) is 21.7 Å². The molecule has 2 rings (SSSR count). The Labute approximate surface area is 85.9 Å². The first-order valence-electron chi connectivity index (χ1n) is 4.78. The lowest BCUT2D eigenvalue weighted by Gasteiger charge is -2.15. The van der Waals surface area contributed by atoms with Crippen LogP contribution in [0.5, 0.6) is 0 Å². The number of aliphatic hydroxyl groups is 1. The van der Waals surface area contributed by atoms with Gasteiger partial charge in [0.15, 0.2) is 0 Å². The topological polar surface area (TPSA) is 92.4 Å². The van der Waals surface area contributed by atoms with Gasteiger partial charge in [0.1, 0.15) is 11.4 Å². The zero-order valence-corrected chi connectivity index (χ0v) is 8.06. The number of anilines is 2.